The van der Waals surface area contributed by atoms with Gasteiger partial charge in [-0.3, -0.25) is 4.79 Å². The molecule has 1 aliphatic carbocycles. The van der Waals surface area contributed by atoms with Crippen molar-refractivity contribution in [3.05, 3.63) is 11.3 Å². The third-order valence-electron chi connectivity index (χ3n) is 6.19. The van der Waals surface area contributed by atoms with Crippen LogP contribution in [0.1, 0.15) is 24.6 Å². The highest BCUT2D eigenvalue weighted by Gasteiger charge is 2.57. The quantitative estimate of drug-likeness (QED) is 0.710. The SMILES string of the molecule is C#CC1[C@H](O)CN1c1nc(N2C[C@@H]3[C@@H](CC(=O)O)[C@@H]3C2)c(CC)c(C(F)(F)F)n1. The van der Waals surface area contributed by atoms with Crippen LogP contribution in [0.15, 0.2) is 0 Å². The number of halogens is 3. The minimum atomic E-state index is -4.65. The van der Waals surface area contributed by atoms with Crippen LogP contribution in [0.4, 0.5) is 24.9 Å². The van der Waals surface area contributed by atoms with Crippen LogP contribution in [-0.2, 0) is 17.4 Å². The van der Waals surface area contributed by atoms with Crippen molar-refractivity contribution in [2.75, 3.05) is 29.4 Å². The van der Waals surface area contributed by atoms with Crippen molar-refractivity contribution in [3.63, 3.8) is 0 Å². The lowest BCUT2D eigenvalue weighted by molar-refractivity contribution is -0.142. The summed E-state index contributed by atoms with van der Waals surface area (Å²) in [5, 5.41) is 18.7. The van der Waals surface area contributed by atoms with E-state index in [4.69, 9.17) is 11.5 Å². The van der Waals surface area contributed by atoms with Gasteiger partial charge in [-0.25, -0.2) is 4.98 Å². The molecule has 3 aliphatic rings. The van der Waals surface area contributed by atoms with E-state index in [0.717, 1.165) is 0 Å². The molecule has 0 bridgehead atoms. The van der Waals surface area contributed by atoms with Crippen LogP contribution in [0.25, 0.3) is 0 Å². The number of hydrogen-bond donors (Lipinski definition) is 2. The van der Waals surface area contributed by atoms with Crippen molar-refractivity contribution in [1.82, 2.24) is 9.97 Å². The van der Waals surface area contributed by atoms with Crippen molar-refractivity contribution >= 4 is 17.7 Å². The Labute approximate surface area is 165 Å². The maximum absolute atomic E-state index is 13.7. The number of aliphatic hydroxyl groups excluding tert-OH is 1. The Balaban J connectivity index is 1.67. The molecule has 156 valence electrons. The van der Waals surface area contributed by atoms with E-state index < -0.39 is 30.0 Å². The molecule has 0 radical (unpaired) electrons. The van der Waals surface area contributed by atoms with E-state index in [1.165, 1.54) is 4.90 Å². The lowest BCUT2D eigenvalue weighted by atomic mass is 10.0. The smallest absolute Gasteiger partial charge is 0.433 e. The number of hydrogen-bond acceptors (Lipinski definition) is 6. The number of carboxylic acids is 1. The molecule has 0 aromatic carbocycles. The summed E-state index contributed by atoms with van der Waals surface area (Å²) < 4.78 is 41.2. The molecule has 4 rings (SSSR count). The summed E-state index contributed by atoms with van der Waals surface area (Å²) in [5.41, 5.74) is -0.963. The van der Waals surface area contributed by atoms with Crippen LogP contribution in [0, 0.1) is 30.1 Å². The predicted octanol–water partition coefficient (Wildman–Crippen LogP) is 1.40. The summed E-state index contributed by atoms with van der Waals surface area (Å²) in [4.78, 5) is 22.3. The Bertz CT molecular complexity index is 873. The number of carbonyl (C=O) groups is 1. The number of terminal acetylenes is 1. The number of fused-ring (bicyclic) bond motifs is 1. The maximum atomic E-state index is 13.7. The first-order valence-corrected chi connectivity index (χ1v) is 9.51. The molecule has 1 aromatic heterocycles. The number of aromatic nitrogens is 2. The summed E-state index contributed by atoms with van der Waals surface area (Å²) in [5.74, 6) is 1.99. The van der Waals surface area contributed by atoms with E-state index in [1.807, 2.05) is 0 Å². The molecule has 2 saturated heterocycles. The average molecular weight is 410 g/mol. The monoisotopic (exact) mass is 410 g/mol. The first-order chi connectivity index (χ1) is 13.7. The Morgan fingerprint density at radius 1 is 1.28 bits per heavy atom. The van der Waals surface area contributed by atoms with Gasteiger partial charge in [-0.2, -0.15) is 18.2 Å². The van der Waals surface area contributed by atoms with Gasteiger partial charge >= 0.3 is 12.1 Å². The zero-order valence-electron chi connectivity index (χ0n) is 15.7. The number of aliphatic carboxylic acids is 1. The number of carboxylic acid groups (broad SMARTS) is 1. The zero-order chi connectivity index (χ0) is 21.1. The Hall–Kier alpha value is -2.54. The second-order valence-electron chi connectivity index (χ2n) is 7.85. The summed E-state index contributed by atoms with van der Waals surface area (Å²) in [7, 11) is 0. The molecular weight excluding hydrogens is 389 g/mol. The lowest BCUT2D eigenvalue weighted by Crippen LogP contribution is -2.60. The molecule has 3 fully saturated rings. The van der Waals surface area contributed by atoms with Crippen LogP contribution in [-0.4, -0.2) is 57.9 Å². The van der Waals surface area contributed by atoms with E-state index in [9.17, 15) is 23.1 Å². The second kappa shape index (κ2) is 6.76. The normalized spacial score (nSPS) is 30.6. The molecule has 3 heterocycles. The number of rotatable bonds is 5. The van der Waals surface area contributed by atoms with Crippen LogP contribution in [0.3, 0.4) is 0 Å². The summed E-state index contributed by atoms with van der Waals surface area (Å²) in [6.45, 7) is 2.65. The molecule has 10 heteroatoms. The van der Waals surface area contributed by atoms with Gasteiger partial charge in [0, 0.05) is 25.1 Å². The number of nitrogens with zero attached hydrogens (tertiary/aromatic N) is 4. The number of piperidine rings is 1. The fourth-order valence-electron chi connectivity index (χ4n) is 4.63. The molecule has 5 atom stereocenters. The Kier molecular flexibility index (Phi) is 4.61. The van der Waals surface area contributed by atoms with E-state index >= 15 is 0 Å². The first kappa shape index (κ1) is 19.8. The van der Waals surface area contributed by atoms with Crippen LogP contribution >= 0.6 is 0 Å². The minimum absolute atomic E-state index is 0.0238. The van der Waals surface area contributed by atoms with Gasteiger partial charge in [-0.1, -0.05) is 12.8 Å². The fourth-order valence-corrected chi connectivity index (χ4v) is 4.63. The maximum Gasteiger partial charge on any atom is 0.433 e. The highest BCUT2D eigenvalue weighted by atomic mass is 19.4. The van der Waals surface area contributed by atoms with Crippen molar-refractivity contribution in [3.8, 4) is 12.3 Å². The van der Waals surface area contributed by atoms with Crippen LogP contribution < -0.4 is 9.80 Å². The molecule has 0 amide bonds. The topological polar surface area (TPSA) is 89.8 Å². The van der Waals surface area contributed by atoms with Gasteiger partial charge < -0.3 is 20.0 Å². The van der Waals surface area contributed by atoms with Crippen LogP contribution in [0.2, 0.25) is 0 Å². The summed E-state index contributed by atoms with van der Waals surface area (Å²) in [6, 6.07) is -0.761. The molecule has 7 nitrogen and oxygen atoms in total. The molecule has 1 unspecified atom stereocenters. The highest BCUT2D eigenvalue weighted by Crippen LogP contribution is 2.54. The summed E-state index contributed by atoms with van der Waals surface area (Å²) in [6.07, 6.45) is 0.0943. The van der Waals surface area contributed by atoms with E-state index in [2.05, 4.69) is 15.9 Å². The van der Waals surface area contributed by atoms with Crippen molar-refractivity contribution in [2.45, 2.75) is 38.1 Å². The van der Waals surface area contributed by atoms with Gasteiger partial charge in [-0.15, -0.1) is 6.42 Å². The molecular formula is C19H21F3N4O3. The van der Waals surface area contributed by atoms with Gasteiger partial charge in [0.25, 0.3) is 0 Å². The summed E-state index contributed by atoms with van der Waals surface area (Å²) >= 11 is 0. The van der Waals surface area contributed by atoms with Gasteiger partial charge in [0.05, 0.1) is 6.54 Å². The Morgan fingerprint density at radius 2 is 1.93 bits per heavy atom. The van der Waals surface area contributed by atoms with Crippen molar-refractivity contribution < 1.29 is 28.2 Å². The standard InChI is InChI=1S/C19H21F3N4O3/c1-3-9-16(19(20,21)22)23-18(26-8-14(27)13(26)4-2)24-17(9)25-6-11-10(5-15(28)29)12(11)7-25/h2,10-14,27H,3,5-8H2,1H3,(H,28,29)/t10-,11-,12+,13?,14-/m1/s1. The number of β-amino-alcohol motifs (C(OH)–C–C–N with tert-alkyl or cyclic N) is 1. The number of anilines is 2. The molecule has 2 aliphatic heterocycles. The number of aliphatic hydroxyl groups is 1. The van der Waals surface area contributed by atoms with Crippen molar-refractivity contribution in [2.24, 2.45) is 17.8 Å². The fraction of sp³-hybridized carbons (Fsp3) is 0.632. The average Bonchev–Trinajstić information content (AvgIpc) is 3.07. The lowest BCUT2D eigenvalue weighted by Gasteiger charge is -2.42. The van der Waals surface area contributed by atoms with E-state index in [1.54, 1.807) is 11.8 Å². The zero-order valence-corrected chi connectivity index (χ0v) is 15.7. The molecule has 29 heavy (non-hydrogen) atoms. The van der Waals surface area contributed by atoms with Crippen molar-refractivity contribution in [1.29, 1.82) is 0 Å². The predicted molar refractivity (Wildman–Crippen MR) is 97.3 cm³/mol. The number of alkyl halides is 3. The third-order valence-corrected chi connectivity index (χ3v) is 6.19. The second-order valence-corrected chi connectivity index (χ2v) is 7.85. The van der Waals surface area contributed by atoms with Gasteiger partial charge in [-0.05, 0) is 24.2 Å². The molecule has 1 saturated carbocycles. The van der Waals surface area contributed by atoms with E-state index in [0.29, 0.717) is 13.1 Å². The minimum Gasteiger partial charge on any atom is -0.481 e. The molecule has 1 aromatic rings. The highest BCUT2D eigenvalue weighted by molar-refractivity contribution is 5.68. The third kappa shape index (κ3) is 3.27. The Morgan fingerprint density at radius 3 is 2.41 bits per heavy atom. The first-order valence-electron chi connectivity index (χ1n) is 9.51. The van der Waals surface area contributed by atoms with Gasteiger partial charge in [0.2, 0.25) is 5.95 Å². The van der Waals surface area contributed by atoms with Crippen LogP contribution in [0.5, 0.6) is 0 Å². The molecule has 0 spiro atoms. The van der Waals surface area contributed by atoms with E-state index in [-0.39, 0.29) is 54.5 Å². The molecule has 2 N–H and O–H groups in total. The van der Waals surface area contributed by atoms with Gasteiger partial charge in [0.15, 0.2) is 5.69 Å². The largest absolute Gasteiger partial charge is 0.481 e. The van der Waals surface area contributed by atoms with Gasteiger partial charge in [0.1, 0.15) is 18.0 Å².